The third-order valence-electron chi connectivity index (χ3n) is 4.81. The van der Waals surface area contributed by atoms with Gasteiger partial charge in [0.2, 0.25) is 11.6 Å². The highest BCUT2D eigenvalue weighted by molar-refractivity contribution is 5.92. The molecule has 0 aliphatic carbocycles. The Balaban J connectivity index is 1.63. The van der Waals surface area contributed by atoms with Gasteiger partial charge in [-0.3, -0.25) is 4.79 Å². The molecule has 1 aliphatic heterocycles. The zero-order chi connectivity index (χ0) is 20.5. The third-order valence-corrected chi connectivity index (χ3v) is 4.81. The molecule has 0 spiro atoms. The van der Waals surface area contributed by atoms with Crippen LogP contribution in [0.15, 0.2) is 34.7 Å². The van der Waals surface area contributed by atoms with E-state index in [-0.39, 0.29) is 29.3 Å². The largest absolute Gasteiger partial charge is 0.436 e. The van der Waals surface area contributed by atoms with Gasteiger partial charge in [-0.25, -0.2) is 14.4 Å². The third kappa shape index (κ3) is 3.83. The quantitative estimate of drug-likeness (QED) is 0.654. The first-order valence-electron chi connectivity index (χ1n) is 9.45. The molecule has 1 aromatic carbocycles. The first kappa shape index (κ1) is 19.0. The molecule has 0 N–H and O–H groups in total. The first-order valence-corrected chi connectivity index (χ1v) is 9.45. The molecule has 29 heavy (non-hydrogen) atoms. The number of halogens is 1. The zero-order valence-electron chi connectivity index (χ0n) is 16.5. The van der Waals surface area contributed by atoms with Crippen molar-refractivity contribution in [3.63, 3.8) is 0 Å². The molecule has 3 aromatic rings. The summed E-state index contributed by atoms with van der Waals surface area (Å²) < 4.78 is 25.1. The predicted octanol–water partition coefficient (Wildman–Crippen LogP) is 4.30. The molecule has 1 fully saturated rings. The maximum atomic E-state index is 13.9. The fourth-order valence-corrected chi connectivity index (χ4v) is 3.54. The number of carbonyl (C=O) groups is 1. The van der Waals surface area contributed by atoms with Crippen LogP contribution >= 0.6 is 0 Å². The summed E-state index contributed by atoms with van der Waals surface area (Å²) in [5.74, 6) is 0.786. The Morgan fingerprint density at radius 3 is 2.72 bits per heavy atom. The van der Waals surface area contributed by atoms with Crippen molar-refractivity contribution >= 4 is 5.91 Å². The van der Waals surface area contributed by atoms with Gasteiger partial charge in [-0.1, -0.05) is 12.1 Å². The molecule has 1 saturated heterocycles. The molecule has 1 amide bonds. The highest BCUT2D eigenvalue weighted by Crippen LogP contribution is 2.33. The smallest absolute Gasteiger partial charge is 0.292 e. The molecule has 1 atom stereocenters. The van der Waals surface area contributed by atoms with Crippen LogP contribution in [0.25, 0.3) is 0 Å². The van der Waals surface area contributed by atoms with Crippen LogP contribution in [0.2, 0.25) is 0 Å². The molecule has 7 nitrogen and oxygen atoms in total. The van der Waals surface area contributed by atoms with Gasteiger partial charge in [0, 0.05) is 25.2 Å². The summed E-state index contributed by atoms with van der Waals surface area (Å²) in [6, 6.07) is 7.47. The van der Waals surface area contributed by atoms with E-state index < -0.39 is 5.82 Å². The van der Waals surface area contributed by atoms with E-state index in [2.05, 4.69) is 15.0 Å². The van der Waals surface area contributed by atoms with Crippen molar-refractivity contribution < 1.29 is 18.3 Å². The summed E-state index contributed by atoms with van der Waals surface area (Å²) in [6.45, 7) is 5.84. The normalized spacial score (nSPS) is 16.3. The minimum Gasteiger partial charge on any atom is -0.436 e. The number of rotatable bonds is 4. The zero-order valence-corrected chi connectivity index (χ0v) is 16.5. The SMILES string of the molecule is Cc1cc(Oc2ccccc2F)nc([C@@H]2CCCN2C(=O)c2oc(C)nc2C)n1. The Bertz CT molecular complexity index is 1070. The highest BCUT2D eigenvalue weighted by atomic mass is 19.1. The summed E-state index contributed by atoms with van der Waals surface area (Å²) in [5.41, 5.74) is 1.24. The molecule has 150 valence electrons. The maximum absolute atomic E-state index is 13.9. The predicted molar refractivity (Wildman–Crippen MR) is 102 cm³/mol. The van der Waals surface area contributed by atoms with E-state index in [1.54, 1.807) is 36.9 Å². The molecular weight excluding hydrogens is 375 g/mol. The van der Waals surface area contributed by atoms with Gasteiger partial charge in [0.25, 0.3) is 5.91 Å². The number of aryl methyl sites for hydroxylation is 3. The van der Waals surface area contributed by atoms with Gasteiger partial charge < -0.3 is 14.1 Å². The molecule has 0 bridgehead atoms. The molecule has 0 radical (unpaired) electrons. The fourth-order valence-electron chi connectivity index (χ4n) is 3.54. The Kier molecular flexibility index (Phi) is 5.00. The van der Waals surface area contributed by atoms with E-state index in [1.165, 1.54) is 12.1 Å². The molecule has 0 saturated carbocycles. The highest BCUT2D eigenvalue weighted by Gasteiger charge is 2.35. The van der Waals surface area contributed by atoms with Crippen LogP contribution in [0, 0.1) is 26.6 Å². The standard InChI is InChI=1S/C21H21FN4O3/c1-12-11-18(29-17-9-5-4-7-15(17)22)25-20(23-12)16-8-6-10-26(16)21(27)19-13(2)24-14(3)28-19/h4-5,7,9,11,16H,6,8,10H2,1-3H3/t16-/m0/s1. The summed E-state index contributed by atoms with van der Waals surface area (Å²) in [4.78, 5) is 27.9. The van der Waals surface area contributed by atoms with Crippen LogP contribution < -0.4 is 4.74 Å². The number of amides is 1. The van der Waals surface area contributed by atoms with Gasteiger partial charge in [-0.2, -0.15) is 4.98 Å². The lowest BCUT2D eigenvalue weighted by molar-refractivity contribution is 0.0694. The number of benzene rings is 1. The Morgan fingerprint density at radius 1 is 1.21 bits per heavy atom. The molecule has 3 heterocycles. The molecule has 0 unspecified atom stereocenters. The summed E-state index contributed by atoms with van der Waals surface area (Å²) in [7, 11) is 0. The van der Waals surface area contributed by atoms with Crippen molar-refractivity contribution in [2.24, 2.45) is 0 Å². The van der Waals surface area contributed by atoms with Crippen molar-refractivity contribution in [2.45, 2.75) is 39.7 Å². The van der Waals surface area contributed by atoms with Crippen LogP contribution in [-0.4, -0.2) is 32.3 Å². The molecular formula is C21H21FN4O3. The topological polar surface area (TPSA) is 81.4 Å². The number of oxazole rings is 1. The Labute approximate surface area is 167 Å². The van der Waals surface area contributed by atoms with Crippen molar-refractivity contribution in [3.8, 4) is 11.6 Å². The van der Waals surface area contributed by atoms with Gasteiger partial charge in [-0.15, -0.1) is 0 Å². The molecule has 8 heteroatoms. The molecule has 4 rings (SSSR count). The van der Waals surface area contributed by atoms with E-state index in [9.17, 15) is 9.18 Å². The second-order valence-corrected chi connectivity index (χ2v) is 7.04. The number of hydrogen-bond donors (Lipinski definition) is 0. The number of likely N-dealkylation sites (tertiary alicyclic amines) is 1. The minimum atomic E-state index is -0.473. The maximum Gasteiger partial charge on any atom is 0.292 e. The van der Waals surface area contributed by atoms with Crippen LogP contribution in [0.1, 0.15) is 52.5 Å². The van der Waals surface area contributed by atoms with Crippen molar-refractivity contribution in [2.75, 3.05) is 6.54 Å². The average molecular weight is 396 g/mol. The minimum absolute atomic E-state index is 0.0867. The number of ether oxygens (including phenoxy) is 1. The van der Waals surface area contributed by atoms with Gasteiger partial charge in [0.05, 0.1) is 11.7 Å². The number of nitrogens with zero attached hydrogens (tertiary/aromatic N) is 4. The fraction of sp³-hybridized carbons (Fsp3) is 0.333. The van der Waals surface area contributed by atoms with Crippen LogP contribution in [-0.2, 0) is 0 Å². The van der Waals surface area contributed by atoms with Crippen LogP contribution in [0.5, 0.6) is 11.6 Å². The van der Waals surface area contributed by atoms with E-state index in [4.69, 9.17) is 9.15 Å². The van der Waals surface area contributed by atoms with E-state index >= 15 is 0 Å². The second kappa shape index (κ2) is 7.62. The van der Waals surface area contributed by atoms with Crippen molar-refractivity contribution in [3.05, 3.63) is 65.0 Å². The van der Waals surface area contributed by atoms with Crippen LogP contribution in [0.3, 0.4) is 0 Å². The van der Waals surface area contributed by atoms with E-state index in [0.29, 0.717) is 29.6 Å². The number of aromatic nitrogens is 3. The lowest BCUT2D eigenvalue weighted by Gasteiger charge is -2.23. The van der Waals surface area contributed by atoms with Crippen molar-refractivity contribution in [1.29, 1.82) is 0 Å². The lowest BCUT2D eigenvalue weighted by atomic mass is 10.2. The summed E-state index contributed by atoms with van der Waals surface area (Å²) in [5, 5.41) is 0. The van der Waals surface area contributed by atoms with Crippen LogP contribution in [0.4, 0.5) is 4.39 Å². The number of carbonyl (C=O) groups excluding carboxylic acids is 1. The van der Waals surface area contributed by atoms with E-state index in [0.717, 1.165) is 12.8 Å². The lowest BCUT2D eigenvalue weighted by Crippen LogP contribution is -2.31. The van der Waals surface area contributed by atoms with Gasteiger partial charge in [-0.05, 0) is 38.8 Å². The Morgan fingerprint density at radius 2 is 2.00 bits per heavy atom. The first-order chi connectivity index (χ1) is 13.9. The van der Waals surface area contributed by atoms with E-state index in [1.807, 2.05) is 6.92 Å². The Hall–Kier alpha value is -3.29. The molecule has 1 aliphatic rings. The van der Waals surface area contributed by atoms with Crippen molar-refractivity contribution in [1.82, 2.24) is 19.9 Å². The molecule has 2 aromatic heterocycles. The monoisotopic (exact) mass is 396 g/mol. The summed E-state index contributed by atoms with van der Waals surface area (Å²) in [6.07, 6.45) is 1.55. The van der Waals surface area contributed by atoms with Gasteiger partial charge in [0.15, 0.2) is 23.3 Å². The van der Waals surface area contributed by atoms with Gasteiger partial charge in [0.1, 0.15) is 0 Å². The number of para-hydroxylation sites is 1. The van der Waals surface area contributed by atoms with Gasteiger partial charge >= 0.3 is 0 Å². The second-order valence-electron chi connectivity index (χ2n) is 7.04. The average Bonchev–Trinajstić information content (AvgIpc) is 3.29. The number of hydrogen-bond acceptors (Lipinski definition) is 6. The summed E-state index contributed by atoms with van der Waals surface area (Å²) >= 11 is 0.